The van der Waals surface area contributed by atoms with Crippen molar-refractivity contribution >= 4 is 17.4 Å². The summed E-state index contributed by atoms with van der Waals surface area (Å²) < 4.78 is 13.4. The lowest BCUT2D eigenvalue weighted by Gasteiger charge is -2.04. The first-order chi connectivity index (χ1) is 8.63. The van der Waals surface area contributed by atoms with Crippen LogP contribution in [0.1, 0.15) is 21.5 Å². The number of nitrogens with zero attached hydrogens (tertiary/aromatic N) is 1. The van der Waals surface area contributed by atoms with E-state index in [-0.39, 0.29) is 16.9 Å². The summed E-state index contributed by atoms with van der Waals surface area (Å²) in [6.07, 6.45) is 0. The molecule has 0 aromatic heterocycles. The minimum Gasteiger partial charge on any atom is -0.289 e. The van der Waals surface area contributed by atoms with Crippen LogP contribution in [0.15, 0.2) is 42.5 Å². The minimum atomic E-state index is -0.713. The van der Waals surface area contributed by atoms with Gasteiger partial charge in [-0.15, -0.1) is 0 Å². The number of benzene rings is 2. The summed E-state index contributed by atoms with van der Waals surface area (Å²) in [6.45, 7) is 0. The van der Waals surface area contributed by atoms with Gasteiger partial charge < -0.3 is 0 Å². The van der Waals surface area contributed by atoms with Gasteiger partial charge in [-0.05, 0) is 30.3 Å². The van der Waals surface area contributed by atoms with E-state index in [2.05, 4.69) is 0 Å². The molecule has 0 N–H and O–H groups in total. The first-order valence-electron chi connectivity index (χ1n) is 5.12. The Morgan fingerprint density at radius 1 is 1.22 bits per heavy atom. The maximum absolute atomic E-state index is 13.4. The number of carbonyl (C=O) groups excluding carboxylic acids is 1. The third kappa shape index (κ3) is 2.24. The van der Waals surface area contributed by atoms with Gasteiger partial charge in [0.2, 0.25) is 0 Å². The fourth-order valence-electron chi connectivity index (χ4n) is 1.55. The summed E-state index contributed by atoms with van der Waals surface area (Å²) in [5, 5.41) is 8.93. The van der Waals surface area contributed by atoms with Crippen LogP contribution >= 0.6 is 11.6 Å². The molecule has 0 heterocycles. The SMILES string of the molecule is N#Cc1ccc(C(=O)c2ccccc2Cl)cc1F. The number of hydrogen-bond donors (Lipinski definition) is 0. The van der Waals surface area contributed by atoms with Gasteiger partial charge in [0.15, 0.2) is 5.78 Å². The summed E-state index contributed by atoms with van der Waals surface area (Å²) >= 11 is 5.90. The summed E-state index contributed by atoms with van der Waals surface area (Å²) in [7, 11) is 0. The normalized spacial score (nSPS) is 9.83. The number of ketones is 1. The van der Waals surface area contributed by atoms with Crippen molar-refractivity contribution in [1.29, 1.82) is 5.26 Å². The monoisotopic (exact) mass is 259 g/mol. The van der Waals surface area contributed by atoms with E-state index >= 15 is 0 Å². The molecule has 0 amide bonds. The van der Waals surface area contributed by atoms with Crippen LogP contribution in [0.2, 0.25) is 5.02 Å². The first kappa shape index (κ1) is 12.3. The Labute approximate surface area is 108 Å². The largest absolute Gasteiger partial charge is 0.289 e. The molecule has 0 atom stereocenters. The van der Waals surface area contributed by atoms with Crippen molar-refractivity contribution in [3.05, 3.63) is 70.0 Å². The second kappa shape index (κ2) is 4.99. The Hall–Kier alpha value is -2.18. The third-order valence-electron chi connectivity index (χ3n) is 2.47. The Kier molecular flexibility index (Phi) is 3.40. The van der Waals surface area contributed by atoms with Gasteiger partial charge in [-0.2, -0.15) is 5.26 Å². The zero-order valence-corrected chi connectivity index (χ0v) is 9.91. The summed E-state index contributed by atoms with van der Waals surface area (Å²) in [6, 6.07) is 12.0. The van der Waals surface area contributed by atoms with Crippen LogP contribution < -0.4 is 0 Å². The molecule has 0 aliphatic carbocycles. The van der Waals surface area contributed by atoms with Gasteiger partial charge in [-0.25, -0.2) is 4.39 Å². The van der Waals surface area contributed by atoms with Crippen molar-refractivity contribution in [3.8, 4) is 6.07 Å². The topological polar surface area (TPSA) is 40.9 Å². The van der Waals surface area contributed by atoms with Crippen LogP contribution in [-0.2, 0) is 0 Å². The van der Waals surface area contributed by atoms with Crippen LogP contribution in [-0.4, -0.2) is 5.78 Å². The van der Waals surface area contributed by atoms with Gasteiger partial charge in [0, 0.05) is 11.1 Å². The van der Waals surface area contributed by atoms with Crippen LogP contribution in [0.25, 0.3) is 0 Å². The quantitative estimate of drug-likeness (QED) is 0.774. The van der Waals surface area contributed by atoms with E-state index in [1.54, 1.807) is 30.3 Å². The Morgan fingerprint density at radius 2 is 1.94 bits per heavy atom. The van der Waals surface area contributed by atoms with Crippen LogP contribution in [0.5, 0.6) is 0 Å². The third-order valence-corrected chi connectivity index (χ3v) is 2.80. The number of hydrogen-bond acceptors (Lipinski definition) is 2. The van der Waals surface area contributed by atoms with Crippen LogP contribution in [0.3, 0.4) is 0 Å². The van der Waals surface area contributed by atoms with Crippen molar-refractivity contribution in [1.82, 2.24) is 0 Å². The van der Waals surface area contributed by atoms with E-state index in [0.717, 1.165) is 6.07 Å². The predicted molar refractivity (Wildman–Crippen MR) is 66.0 cm³/mol. The summed E-state index contributed by atoms with van der Waals surface area (Å²) in [5.41, 5.74) is 0.383. The smallest absolute Gasteiger partial charge is 0.194 e. The molecule has 0 radical (unpaired) electrons. The molecule has 2 aromatic carbocycles. The molecule has 0 fully saturated rings. The zero-order chi connectivity index (χ0) is 13.1. The predicted octanol–water partition coefficient (Wildman–Crippen LogP) is 3.58. The van der Waals surface area contributed by atoms with Crippen molar-refractivity contribution in [3.63, 3.8) is 0 Å². The number of nitriles is 1. The second-order valence-electron chi connectivity index (χ2n) is 3.62. The van der Waals surface area contributed by atoms with Gasteiger partial charge >= 0.3 is 0 Å². The molecule has 2 nitrogen and oxygen atoms in total. The van der Waals surface area contributed by atoms with Crippen molar-refractivity contribution in [2.75, 3.05) is 0 Å². The Bertz CT molecular complexity index is 661. The Morgan fingerprint density at radius 3 is 2.56 bits per heavy atom. The molecule has 0 saturated heterocycles. The molecule has 4 heteroatoms. The van der Waals surface area contributed by atoms with Crippen molar-refractivity contribution in [2.45, 2.75) is 0 Å². The standard InChI is InChI=1S/C14H7ClFNO/c15-12-4-2-1-3-11(12)14(18)9-5-6-10(8-17)13(16)7-9/h1-7H. The zero-order valence-electron chi connectivity index (χ0n) is 9.15. The molecule has 0 unspecified atom stereocenters. The lowest BCUT2D eigenvalue weighted by molar-refractivity contribution is 0.103. The molecule has 0 saturated carbocycles. The number of halogens is 2. The fourth-order valence-corrected chi connectivity index (χ4v) is 1.77. The van der Waals surface area contributed by atoms with Gasteiger partial charge in [-0.1, -0.05) is 23.7 Å². The molecule has 0 spiro atoms. The summed E-state index contributed by atoms with van der Waals surface area (Å²) in [4.78, 5) is 12.1. The van der Waals surface area contributed by atoms with Crippen molar-refractivity contribution in [2.24, 2.45) is 0 Å². The van der Waals surface area contributed by atoms with E-state index < -0.39 is 5.82 Å². The lowest BCUT2D eigenvalue weighted by atomic mass is 10.0. The highest BCUT2D eigenvalue weighted by Gasteiger charge is 2.14. The molecule has 0 aliphatic rings. The van der Waals surface area contributed by atoms with Gasteiger partial charge in [0.25, 0.3) is 0 Å². The van der Waals surface area contributed by atoms with E-state index in [1.165, 1.54) is 12.1 Å². The highest BCUT2D eigenvalue weighted by Crippen LogP contribution is 2.20. The van der Waals surface area contributed by atoms with E-state index in [9.17, 15) is 9.18 Å². The number of carbonyl (C=O) groups is 1. The van der Waals surface area contributed by atoms with Gasteiger partial charge in [-0.3, -0.25) is 4.79 Å². The highest BCUT2D eigenvalue weighted by molar-refractivity contribution is 6.34. The average molecular weight is 260 g/mol. The van der Waals surface area contributed by atoms with Crippen molar-refractivity contribution < 1.29 is 9.18 Å². The molecule has 2 aromatic rings. The van der Waals surface area contributed by atoms with Gasteiger partial charge in [0.05, 0.1) is 10.6 Å². The van der Waals surface area contributed by atoms with Gasteiger partial charge in [0.1, 0.15) is 11.9 Å². The van der Waals surface area contributed by atoms with E-state index in [4.69, 9.17) is 16.9 Å². The second-order valence-corrected chi connectivity index (χ2v) is 4.02. The molecule has 2 rings (SSSR count). The maximum atomic E-state index is 13.4. The lowest BCUT2D eigenvalue weighted by Crippen LogP contribution is -2.03. The molecular formula is C14H7ClFNO. The molecule has 0 bridgehead atoms. The molecular weight excluding hydrogens is 253 g/mol. The molecule has 18 heavy (non-hydrogen) atoms. The Balaban J connectivity index is 2.45. The highest BCUT2D eigenvalue weighted by atomic mass is 35.5. The first-order valence-corrected chi connectivity index (χ1v) is 5.50. The average Bonchev–Trinajstić information content (AvgIpc) is 2.38. The van der Waals surface area contributed by atoms with E-state index in [1.807, 2.05) is 0 Å². The van der Waals surface area contributed by atoms with E-state index in [0.29, 0.717) is 10.6 Å². The minimum absolute atomic E-state index is 0.0919. The molecule has 0 aliphatic heterocycles. The summed E-state index contributed by atoms with van der Waals surface area (Å²) in [5.74, 6) is -1.08. The van der Waals surface area contributed by atoms with Crippen LogP contribution in [0, 0.1) is 17.1 Å². The maximum Gasteiger partial charge on any atom is 0.194 e. The molecule has 88 valence electrons. The fraction of sp³-hybridized carbons (Fsp3) is 0. The number of rotatable bonds is 2. The van der Waals surface area contributed by atoms with Crippen LogP contribution in [0.4, 0.5) is 4.39 Å².